The summed E-state index contributed by atoms with van der Waals surface area (Å²) in [5.74, 6) is 0. The highest BCUT2D eigenvalue weighted by molar-refractivity contribution is 7.89. The minimum atomic E-state index is -3.41. The maximum Gasteiger partial charge on any atom is 0.243 e. The van der Waals surface area contributed by atoms with Crippen LogP contribution in [0.15, 0.2) is 59.5 Å². The van der Waals surface area contributed by atoms with E-state index in [2.05, 4.69) is 0 Å². The Morgan fingerprint density at radius 2 is 1.39 bits per heavy atom. The number of nitrogens with zero attached hydrogens (tertiary/aromatic N) is 1. The van der Waals surface area contributed by atoms with Crippen LogP contribution in [0.5, 0.6) is 0 Å². The summed E-state index contributed by atoms with van der Waals surface area (Å²) in [4.78, 5) is 0.350. The van der Waals surface area contributed by atoms with Gasteiger partial charge in [0.25, 0.3) is 0 Å². The van der Waals surface area contributed by atoms with Gasteiger partial charge >= 0.3 is 0 Å². The number of hydrogen-bond donors (Lipinski definition) is 1. The van der Waals surface area contributed by atoms with Crippen molar-refractivity contribution in [2.45, 2.75) is 23.8 Å². The molecule has 1 fully saturated rings. The molecule has 1 heterocycles. The zero-order chi connectivity index (χ0) is 15.6. The zero-order valence-electron chi connectivity index (χ0n) is 12.8. The second kappa shape index (κ2) is 7.45. The van der Waals surface area contributed by atoms with Crippen molar-refractivity contribution in [3.63, 3.8) is 0 Å². The molecule has 0 amide bonds. The van der Waals surface area contributed by atoms with Crippen LogP contribution in [0.1, 0.15) is 12.8 Å². The third-order valence-electron chi connectivity index (χ3n) is 4.10. The molecule has 0 unspecified atom stereocenters. The maximum absolute atomic E-state index is 12.6. The molecular weight excluding hydrogens is 332 g/mol. The standard InChI is InChI=1S/C17H20N2O2S.ClH/c18-16-10-12-19(13-11-16)22(20,21)17-8-6-15(7-9-17)14-4-2-1-3-5-14;/h1-9,16H,10-13,18H2;1H. The van der Waals surface area contributed by atoms with Crippen LogP contribution < -0.4 is 5.73 Å². The highest BCUT2D eigenvalue weighted by Crippen LogP contribution is 2.24. The lowest BCUT2D eigenvalue weighted by molar-refractivity contribution is 0.320. The first-order valence-electron chi connectivity index (χ1n) is 7.48. The summed E-state index contributed by atoms with van der Waals surface area (Å²) < 4.78 is 26.8. The van der Waals surface area contributed by atoms with Crippen molar-refractivity contribution in [3.8, 4) is 11.1 Å². The summed E-state index contributed by atoms with van der Waals surface area (Å²) in [6.07, 6.45) is 1.45. The van der Waals surface area contributed by atoms with E-state index in [0.29, 0.717) is 18.0 Å². The molecule has 2 aromatic carbocycles. The van der Waals surface area contributed by atoms with E-state index in [9.17, 15) is 8.42 Å². The van der Waals surface area contributed by atoms with E-state index in [1.54, 1.807) is 12.1 Å². The van der Waals surface area contributed by atoms with Gasteiger partial charge < -0.3 is 5.73 Å². The topological polar surface area (TPSA) is 63.4 Å². The first kappa shape index (κ1) is 17.9. The summed E-state index contributed by atoms with van der Waals surface area (Å²) in [7, 11) is -3.41. The molecule has 0 radical (unpaired) electrons. The van der Waals surface area contributed by atoms with Gasteiger partial charge in [0.15, 0.2) is 0 Å². The number of rotatable bonds is 3. The highest BCUT2D eigenvalue weighted by Gasteiger charge is 2.28. The molecule has 0 aliphatic carbocycles. The largest absolute Gasteiger partial charge is 0.328 e. The molecular formula is C17H21ClN2O2S. The van der Waals surface area contributed by atoms with Crippen molar-refractivity contribution in [2.24, 2.45) is 5.73 Å². The summed E-state index contributed by atoms with van der Waals surface area (Å²) in [6, 6.07) is 17.1. The van der Waals surface area contributed by atoms with Gasteiger partial charge in [-0.2, -0.15) is 4.31 Å². The lowest BCUT2D eigenvalue weighted by Gasteiger charge is -2.29. The smallest absolute Gasteiger partial charge is 0.243 e. The Hall–Kier alpha value is -1.40. The molecule has 2 N–H and O–H groups in total. The van der Waals surface area contributed by atoms with Crippen molar-refractivity contribution in [1.82, 2.24) is 4.31 Å². The van der Waals surface area contributed by atoms with Crippen molar-refractivity contribution in [1.29, 1.82) is 0 Å². The molecule has 2 aromatic rings. The SMILES string of the molecule is Cl.NC1CCN(S(=O)(=O)c2ccc(-c3ccccc3)cc2)CC1. The molecule has 0 aromatic heterocycles. The maximum atomic E-state index is 12.6. The van der Waals surface area contributed by atoms with Crippen molar-refractivity contribution < 1.29 is 8.42 Å². The summed E-state index contributed by atoms with van der Waals surface area (Å²) in [5.41, 5.74) is 7.93. The monoisotopic (exact) mass is 352 g/mol. The van der Waals surface area contributed by atoms with Crippen LogP contribution >= 0.6 is 12.4 Å². The van der Waals surface area contributed by atoms with Crippen LogP contribution in [-0.4, -0.2) is 31.9 Å². The predicted octanol–water partition coefficient (Wildman–Crippen LogP) is 2.89. The van der Waals surface area contributed by atoms with Crippen LogP contribution in [0.4, 0.5) is 0 Å². The van der Waals surface area contributed by atoms with E-state index in [0.717, 1.165) is 24.0 Å². The minimum Gasteiger partial charge on any atom is -0.328 e. The molecule has 6 heteroatoms. The predicted molar refractivity (Wildman–Crippen MR) is 95.1 cm³/mol. The van der Waals surface area contributed by atoms with E-state index in [1.165, 1.54) is 4.31 Å². The van der Waals surface area contributed by atoms with Gasteiger partial charge in [0, 0.05) is 19.1 Å². The van der Waals surface area contributed by atoms with Crippen molar-refractivity contribution >= 4 is 22.4 Å². The lowest BCUT2D eigenvalue weighted by Crippen LogP contribution is -2.42. The third kappa shape index (κ3) is 3.93. The van der Waals surface area contributed by atoms with Crippen LogP contribution in [0.25, 0.3) is 11.1 Å². The van der Waals surface area contributed by atoms with Crippen molar-refractivity contribution in [3.05, 3.63) is 54.6 Å². The molecule has 0 spiro atoms. The minimum absolute atomic E-state index is 0. The molecule has 4 nitrogen and oxygen atoms in total. The number of piperidine rings is 1. The second-order valence-corrected chi connectivity index (χ2v) is 7.57. The third-order valence-corrected chi connectivity index (χ3v) is 6.01. The highest BCUT2D eigenvalue weighted by atomic mass is 35.5. The van der Waals surface area contributed by atoms with Crippen molar-refractivity contribution in [2.75, 3.05) is 13.1 Å². The molecule has 1 aliphatic rings. The molecule has 0 atom stereocenters. The number of sulfonamides is 1. The number of halogens is 1. The Morgan fingerprint density at radius 1 is 0.870 bits per heavy atom. The first-order chi connectivity index (χ1) is 10.6. The molecule has 0 saturated carbocycles. The Labute approximate surface area is 143 Å². The number of nitrogens with two attached hydrogens (primary N) is 1. The molecule has 1 saturated heterocycles. The van der Waals surface area contributed by atoms with Crippen LogP contribution in [-0.2, 0) is 10.0 Å². The van der Waals surface area contributed by atoms with Gasteiger partial charge in [-0.3, -0.25) is 0 Å². The normalized spacial score (nSPS) is 16.7. The van der Waals surface area contributed by atoms with Gasteiger partial charge in [0.2, 0.25) is 10.0 Å². The Bertz CT molecular complexity index is 725. The quantitative estimate of drug-likeness (QED) is 0.923. The van der Waals surface area contributed by atoms with Crippen LogP contribution in [0.3, 0.4) is 0 Å². The summed E-state index contributed by atoms with van der Waals surface area (Å²) in [6.45, 7) is 1.01. The van der Waals surface area contributed by atoms with Crippen LogP contribution in [0, 0.1) is 0 Å². The Morgan fingerprint density at radius 3 is 1.96 bits per heavy atom. The van der Waals surface area contributed by atoms with E-state index in [1.807, 2.05) is 42.5 Å². The zero-order valence-corrected chi connectivity index (χ0v) is 14.4. The van der Waals surface area contributed by atoms with Gasteiger partial charge in [-0.25, -0.2) is 8.42 Å². The Balaban J connectivity index is 0.00000192. The molecule has 124 valence electrons. The second-order valence-electron chi connectivity index (χ2n) is 5.63. The molecule has 1 aliphatic heterocycles. The molecule has 3 rings (SSSR count). The number of hydrogen-bond acceptors (Lipinski definition) is 3. The average molecular weight is 353 g/mol. The van der Waals surface area contributed by atoms with Gasteiger partial charge in [-0.05, 0) is 36.1 Å². The Kier molecular flexibility index (Phi) is 5.81. The van der Waals surface area contributed by atoms with E-state index in [-0.39, 0.29) is 18.4 Å². The van der Waals surface area contributed by atoms with Crippen LogP contribution in [0.2, 0.25) is 0 Å². The molecule has 23 heavy (non-hydrogen) atoms. The van der Waals surface area contributed by atoms with E-state index in [4.69, 9.17) is 5.73 Å². The van der Waals surface area contributed by atoms with Gasteiger partial charge in [-0.1, -0.05) is 42.5 Å². The molecule has 0 bridgehead atoms. The van der Waals surface area contributed by atoms with E-state index < -0.39 is 10.0 Å². The fourth-order valence-corrected chi connectivity index (χ4v) is 4.18. The van der Waals surface area contributed by atoms with Gasteiger partial charge in [-0.15, -0.1) is 12.4 Å². The average Bonchev–Trinajstić information content (AvgIpc) is 2.56. The van der Waals surface area contributed by atoms with E-state index >= 15 is 0 Å². The number of benzene rings is 2. The first-order valence-corrected chi connectivity index (χ1v) is 8.92. The summed E-state index contributed by atoms with van der Waals surface area (Å²) >= 11 is 0. The lowest BCUT2D eigenvalue weighted by atomic mass is 10.1. The fraction of sp³-hybridized carbons (Fsp3) is 0.294. The van der Waals surface area contributed by atoms with Gasteiger partial charge in [0.05, 0.1) is 4.90 Å². The van der Waals surface area contributed by atoms with Gasteiger partial charge in [0.1, 0.15) is 0 Å². The summed E-state index contributed by atoms with van der Waals surface area (Å²) in [5, 5.41) is 0. The fourth-order valence-electron chi connectivity index (χ4n) is 2.72.